The minimum Gasteiger partial charge on any atom is -0.494 e. The van der Waals surface area contributed by atoms with Crippen molar-refractivity contribution in [3.05, 3.63) is 28.6 Å². The third-order valence-electron chi connectivity index (χ3n) is 2.65. The largest absolute Gasteiger partial charge is 0.494 e. The van der Waals surface area contributed by atoms with Gasteiger partial charge in [0.15, 0.2) is 5.88 Å². The summed E-state index contributed by atoms with van der Waals surface area (Å²) in [5.74, 6) is 1.07. The van der Waals surface area contributed by atoms with Gasteiger partial charge < -0.3 is 10.4 Å². The Labute approximate surface area is 102 Å². The molecule has 0 aliphatic rings. The van der Waals surface area contributed by atoms with Gasteiger partial charge in [-0.2, -0.15) is 0 Å². The van der Waals surface area contributed by atoms with Crippen LogP contribution in [0.3, 0.4) is 0 Å². The van der Waals surface area contributed by atoms with Gasteiger partial charge in [-0.05, 0) is 42.0 Å². The Morgan fingerprint density at radius 3 is 3.00 bits per heavy atom. The fourth-order valence-electron chi connectivity index (χ4n) is 1.66. The molecular weight excluding hydrogens is 270 g/mol. The second kappa shape index (κ2) is 4.43. The molecule has 0 aliphatic heterocycles. The molecule has 0 aliphatic carbocycles. The molecular formula is C11H14BrN3O. The second-order valence-electron chi connectivity index (χ2n) is 3.82. The van der Waals surface area contributed by atoms with E-state index in [-0.39, 0.29) is 5.88 Å². The van der Waals surface area contributed by atoms with E-state index in [1.807, 2.05) is 19.2 Å². The van der Waals surface area contributed by atoms with Crippen molar-refractivity contribution in [1.29, 1.82) is 0 Å². The monoisotopic (exact) mass is 283 g/mol. The van der Waals surface area contributed by atoms with Crippen LogP contribution in [0.2, 0.25) is 0 Å². The summed E-state index contributed by atoms with van der Waals surface area (Å²) in [4.78, 5) is 4.42. The number of aromatic hydroxyl groups is 1. The predicted octanol–water partition coefficient (Wildman–Crippen LogP) is 1.95. The van der Waals surface area contributed by atoms with E-state index in [9.17, 15) is 5.11 Å². The first-order chi connectivity index (χ1) is 7.63. The van der Waals surface area contributed by atoms with Crippen LogP contribution in [-0.2, 0) is 6.42 Å². The molecule has 0 saturated heterocycles. The fourth-order valence-corrected chi connectivity index (χ4v) is 2.18. The molecule has 4 nitrogen and oxygen atoms in total. The van der Waals surface area contributed by atoms with Gasteiger partial charge in [-0.1, -0.05) is 6.07 Å². The molecule has 2 aromatic rings. The Bertz CT molecular complexity index is 509. The molecule has 0 saturated carbocycles. The molecule has 2 heterocycles. The van der Waals surface area contributed by atoms with Crippen molar-refractivity contribution in [3.8, 4) is 5.88 Å². The molecule has 0 aromatic carbocycles. The maximum Gasteiger partial charge on any atom is 0.197 e. The fraction of sp³-hybridized carbons (Fsp3) is 0.364. The zero-order valence-corrected chi connectivity index (χ0v) is 10.8. The van der Waals surface area contributed by atoms with Crippen LogP contribution in [-0.4, -0.2) is 27.6 Å². The first-order valence-corrected chi connectivity index (χ1v) is 5.95. The first kappa shape index (κ1) is 11.4. The summed E-state index contributed by atoms with van der Waals surface area (Å²) in [5, 5.41) is 13.0. The van der Waals surface area contributed by atoms with Crippen LogP contribution in [0.25, 0.3) is 5.52 Å². The van der Waals surface area contributed by atoms with Crippen molar-refractivity contribution in [3.63, 3.8) is 0 Å². The van der Waals surface area contributed by atoms with Crippen molar-refractivity contribution in [2.24, 2.45) is 0 Å². The molecule has 0 bridgehead atoms. The Hall–Kier alpha value is -1.07. The number of aromatic nitrogens is 2. The number of hydrogen-bond donors (Lipinski definition) is 2. The number of nitrogens with zero attached hydrogens (tertiary/aromatic N) is 2. The Kier molecular flexibility index (Phi) is 3.16. The Morgan fingerprint density at radius 2 is 2.31 bits per heavy atom. The van der Waals surface area contributed by atoms with Crippen molar-refractivity contribution >= 4 is 21.4 Å². The topological polar surface area (TPSA) is 49.6 Å². The molecule has 0 amide bonds. The van der Waals surface area contributed by atoms with E-state index in [0.717, 1.165) is 22.4 Å². The number of nitrogens with one attached hydrogen (secondary N) is 1. The molecule has 2 N–H and O–H groups in total. The van der Waals surface area contributed by atoms with E-state index >= 15 is 0 Å². The van der Waals surface area contributed by atoms with E-state index < -0.39 is 0 Å². The van der Waals surface area contributed by atoms with Crippen LogP contribution in [0.4, 0.5) is 0 Å². The number of pyridine rings is 1. The zero-order chi connectivity index (χ0) is 11.7. The maximum absolute atomic E-state index is 9.83. The number of likely N-dealkylation sites (N-methyl/N-ethyl adjacent to an activating group) is 1. The predicted molar refractivity (Wildman–Crippen MR) is 66.8 cm³/mol. The highest BCUT2D eigenvalue weighted by molar-refractivity contribution is 9.10. The van der Waals surface area contributed by atoms with E-state index in [1.165, 1.54) is 0 Å². The highest BCUT2D eigenvalue weighted by Crippen LogP contribution is 2.24. The van der Waals surface area contributed by atoms with Crippen LogP contribution in [0.1, 0.15) is 12.7 Å². The van der Waals surface area contributed by atoms with Crippen LogP contribution in [0.15, 0.2) is 22.8 Å². The zero-order valence-electron chi connectivity index (χ0n) is 9.24. The molecule has 5 heteroatoms. The minimum atomic E-state index is 0.217. The summed E-state index contributed by atoms with van der Waals surface area (Å²) in [5.41, 5.74) is 0.887. The molecule has 16 heavy (non-hydrogen) atoms. The molecule has 0 fully saturated rings. The molecule has 0 radical (unpaired) electrons. The van der Waals surface area contributed by atoms with Gasteiger partial charge in [0.2, 0.25) is 0 Å². The Morgan fingerprint density at radius 1 is 1.56 bits per heavy atom. The average Bonchev–Trinajstić information content (AvgIpc) is 2.57. The van der Waals surface area contributed by atoms with Crippen molar-refractivity contribution < 1.29 is 5.11 Å². The van der Waals surface area contributed by atoms with Gasteiger partial charge >= 0.3 is 0 Å². The second-order valence-corrected chi connectivity index (χ2v) is 4.57. The molecule has 1 atom stereocenters. The van der Waals surface area contributed by atoms with Crippen molar-refractivity contribution in [2.75, 3.05) is 7.05 Å². The van der Waals surface area contributed by atoms with Crippen LogP contribution in [0, 0.1) is 0 Å². The highest BCUT2D eigenvalue weighted by atomic mass is 79.9. The summed E-state index contributed by atoms with van der Waals surface area (Å²) in [6, 6.07) is 5.71. The van der Waals surface area contributed by atoms with Gasteiger partial charge in [-0.15, -0.1) is 0 Å². The van der Waals surface area contributed by atoms with E-state index in [0.29, 0.717) is 6.04 Å². The molecule has 2 rings (SSSR count). The summed E-state index contributed by atoms with van der Waals surface area (Å²) >= 11 is 3.40. The summed E-state index contributed by atoms with van der Waals surface area (Å²) in [7, 11) is 1.91. The van der Waals surface area contributed by atoms with E-state index in [4.69, 9.17) is 0 Å². The van der Waals surface area contributed by atoms with E-state index in [2.05, 4.69) is 33.2 Å². The molecule has 0 spiro atoms. The summed E-state index contributed by atoms with van der Waals surface area (Å²) < 4.78 is 2.53. The Balaban J connectivity index is 2.53. The van der Waals surface area contributed by atoms with Crippen molar-refractivity contribution in [1.82, 2.24) is 14.7 Å². The average molecular weight is 284 g/mol. The first-order valence-electron chi connectivity index (χ1n) is 5.15. The third-order valence-corrected chi connectivity index (χ3v) is 3.23. The normalized spacial score (nSPS) is 13.2. The molecule has 2 aromatic heterocycles. The number of imidazole rings is 1. The van der Waals surface area contributed by atoms with Crippen LogP contribution in [0.5, 0.6) is 5.88 Å². The minimum absolute atomic E-state index is 0.217. The van der Waals surface area contributed by atoms with Gasteiger partial charge in [-0.25, -0.2) is 4.98 Å². The highest BCUT2D eigenvalue weighted by Gasteiger charge is 2.13. The smallest absolute Gasteiger partial charge is 0.197 e. The molecule has 1 unspecified atom stereocenters. The molecule has 86 valence electrons. The van der Waals surface area contributed by atoms with Crippen LogP contribution < -0.4 is 5.32 Å². The quantitative estimate of drug-likeness (QED) is 0.905. The SMILES string of the molecule is CNC(C)Cc1nc(Br)c2cccc(O)n12. The van der Waals surface area contributed by atoms with Crippen LogP contribution >= 0.6 is 15.9 Å². The van der Waals surface area contributed by atoms with Gasteiger partial charge in [-0.3, -0.25) is 4.40 Å². The van der Waals surface area contributed by atoms with Gasteiger partial charge in [0.05, 0.1) is 5.52 Å². The number of halogens is 1. The van der Waals surface area contributed by atoms with Gasteiger partial charge in [0.1, 0.15) is 10.4 Å². The number of hydrogen-bond acceptors (Lipinski definition) is 3. The number of fused-ring (bicyclic) bond motifs is 1. The van der Waals surface area contributed by atoms with Gasteiger partial charge in [0.25, 0.3) is 0 Å². The summed E-state index contributed by atoms with van der Waals surface area (Å²) in [6.45, 7) is 2.08. The third kappa shape index (κ3) is 1.92. The number of rotatable bonds is 3. The lowest BCUT2D eigenvalue weighted by Crippen LogP contribution is -2.24. The lowest BCUT2D eigenvalue weighted by molar-refractivity contribution is 0.440. The van der Waals surface area contributed by atoms with E-state index in [1.54, 1.807) is 10.5 Å². The summed E-state index contributed by atoms with van der Waals surface area (Å²) in [6.07, 6.45) is 0.765. The van der Waals surface area contributed by atoms with Crippen molar-refractivity contribution in [2.45, 2.75) is 19.4 Å². The lowest BCUT2D eigenvalue weighted by Gasteiger charge is -2.09. The van der Waals surface area contributed by atoms with Gasteiger partial charge in [0, 0.05) is 12.5 Å². The standard InChI is InChI=1S/C11H14BrN3O/c1-7(13-2)6-9-14-11(12)8-4-3-5-10(16)15(8)9/h3-5,7,13,16H,6H2,1-2H3. The maximum atomic E-state index is 9.83. The lowest BCUT2D eigenvalue weighted by atomic mass is 10.2.